The lowest BCUT2D eigenvalue weighted by atomic mass is 10.2. The third kappa shape index (κ3) is 3.15. The number of non-ortho nitro benzene ring substituents is 1. The van der Waals surface area contributed by atoms with Gasteiger partial charge in [-0.25, -0.2) is 23.7 Å². The Kier molecular flexibility index (Phi) is 5.03. The third-order valence-electron chi connectivity index (χ3n) is 4.16. The summed E-state index contributed by atoms with van der Waals surface area (Å²) < 4.78 is 6.76. The van der Waals surface area contributed by atoms with E-state index in [0.717, 1.165) is 9.13 Å². The molecular weight excluding hydrogens is 368 g/mol. The summed E-state index contributed by atoms with van der Waals surface area (Å²) in [4.78, 5) is 52.7. The first-order valence-corrected chi connectivity index (χ1v) is 8.40. The number of rotatable bonds is 5. The predicted octanol–water partition coefficient (Wildman–Crippen LogP) is 1.58. The molecule has 3 aromatic rings. The molecule has 0 saturated carbocycles. The summed E-state index contributed by atoms with van der Waals surface area (Å²) in [6.07, 6.45) is 1.40. The van der Waals surface area contributed by atoms with Crippen LogP contribution in [0, 0.1) is 10.1 Å². The summed E-state index contributed by atoms with van der Waals surface area (Å²) >= 11 is 0. The molecule has 0 aliphatic carbocycles. The molecule has 3 rings (SSSR count). The van der Waals surface area contributed by atoms with E-state index >= 15 is 0 Å². The van der Waals surface area contributed by atoms with Gasteiger partial charge in [-0.05, 0) is 32.0 Å². The van der Waals surface area contributed by atoms with Crippen molar-refractivity contribution in [1.29, 1.82) is 0 Å². The van der Waals surface area contributed by atoms with Crippen LogP contribution in [0.4, 0.5) is 5.69 Å². The van der Waals surface area contributed by atoms with Gasteiger partial charge in [0.05, 0.1) is 22.6 Å². The number of nitro benzene ring substituents is 1. The molecule has 2 heterocycles. The van der Waals surface area contributed by atoms with Crippen LogP contribution in [0.1, 0.15) is 19.9 Å². The Hall–Kier alpha value is -3.82. The van der Waals surface area contributed by atoms with Crippen molar-refractivity contribution in [3.63, 3.8) is 0 Å². The van der Waals surface area contributed by atoms with Gasteiger partial charge in [-0.15, -0.1) is 0 Å². The molecule has 1 atom stereocenters. The number of esters is 1. The zero-order valence-electron chi connectivity index (χ0n) is 15.1. The van der Waals surface area contributed by atoms with Crippen LogP contribution in [0.3, 0.4) is 0 Å². The van der Waals surface area contributed by atoms with Crippen LogP contribution in [-0.2, 0) is 9.53 Å². The van der Waals surface area contributed by atoms with E-state index in [2.05, 4.69) is 4.98 Å². The highest BCUT2D eigenvalue weighted by atomic mass is 16.6. The Morgan fingerprint density at radius 3 is 2.71 bits per heavy atom. The maximum Gasteiger partial charge on any atom is 0.338 e. The predicted molar refractivity (Wildman–Crippen MR) is 99.6 cm³/mol. The number of hydrogen-bond donors (Lipinski definition) is 0. The minimum Gasteiger partial charge on any atom is -0.464 e. The van der Waals surface area contributed by atoms with Gasteiger partial charge in [0.15, 0.2) is 5.65 Å². The Labute approximate surface area is 157 Å². The Morgan fingerprint density at radius 1 is 1.29 bits per heavy atom. The number of fused-ring (bicyclic) bond motifs is 1. The van der Waals surface area contributed by atoms with Gasteiger partial charge in [0, 0.05) is 18.3 Å². The fourth-order valence-corrected chi connectivity index (χ4v) is 2.85. The second-order valence-corrected chi connectivity index (χ2v) is 5.87. The molecule has 0 unspecified atom stereocenters. The molecule has 2 aromatic heterocycles. The van der Waals surface area contributed by atoms with E-state index in [9.17, 15) is 24.5 Å². The zero-order chi connectivity index (χ0) is 20.4. The molecule has 144 valence electrons. The Morgan fingerprint density at radius 2 is 2.04 bits per heavy atom. The summed E-state index contributed by atoms with van der Waals surface area (Å²) in [7, 11) is 0. The summed E-state index contributed by atoms with van der Waals surface area (Å²) in [6, 6.07) is 7.17. The van der Waals surface area contributed by atoms with E-state index in [1.807, 2.05) is 0 Å². The monoisotopic (exact) mass is 384 g/mol. The molecule has 0 amide bonds. The van der Waals surface area contributed by atoms with Gasteiger partial charge in [-0.2, -0.15) is 0 Å². The van der Waals surface area contributed by atoms with Gasteiger partial charge in [0.25, 0.3) is 11.2 Å². The van der Waals surface area contributed by atoms with E-state index in [4.69, 9.17) is 4.74 Å². The molecule has 0 fully saturated rings. The molecule has 1 aromatic carbocycles. The number of nitro groups is 1. The number of carbonyl (C=O) groups excluding carboxylic acids is 1. The van der Waals surface area contributed by atoms with Crippen molar-refractivity contribution in [3.05, 3.63) is 73.5 Å². The number of hydrogen-bond acceptors (Lipinski definition) is 7. The molecule has 28 heavy (non-hydrogen) atoms. The largest absolute Gasteiger partial charge is 0.464 e. The van der Waals surface area contributed by atoms with E-state index in [-0.39, 0.29) is 29.0 Å². The smallest absolute Gasteiger partial charge is 0.338 e. The standard InChI is InChI=1S/C18H16N4O6/c1-3-28-17(24)11(2)20-16(23)14-8-5-9-19-15(14)21(18(20)25)12-6-4-7-13(10-12)22(26)27/h4-11H,3H2,1-2H3/t11-/m1/s1. The molecule has 0 N–H and O–H groups in total. The quantitative estimate of drug-likeness (QED) is 0.371. The fourth-order valence-electron chi connectivity index (χ4n) is 2.85. The van der Waals surface area contributed by atoms with Crippen molar-refractivity contribution in [2.75, 3.05) is 6.61 Å². The Bertz CT molecular complexity index is 1200. The van der Waals surface area contributed by atoms with Crippen molar-refractivity contribution in [1.82, 2.24) is 14.1 Å². The summed E-state index contributed by atoms with van der Waals surface area (Å²) in [6.45, 7) is 3.08. The van der Waals surface area contributed by atoms with Gasteiger partial charge in [-0.3, -0.25) is 14.9 Å². The van der Waals surface area contributed by atoms with Crippen LogP contribution < -0.4 is 11.2 Å². The maximum absolute atomic E-state index is 13.1. The SMILES string of the molecule is CCOC(=O)[C@@H](C)n1c(=O)c2cccnc2n(-c2cccc([N+](=O)[O-])c2)c1=O. The average molecular weight is 384 g/mol. The molecule has 0 aliphatic rings. The van der Waals surface area contributed by atoms with Crippen LogP contribution in [0.25, 0.3) is 16.7 Å². The van der Waals surface area contributed by atoms with Crippen molar-refractivity contribution >= 4 is 22.7 Å². The van der Waals surface area contributed by atoms with Crippen molar-refractivity contribution in [2.24, 2.45) is 0 Å². The molecule has 0 radical (unpaired) electrons. The van der Waals surface area contributed by atoms with E-state index in [1.165, 1.54) is 49.5 Å². The van der Waals surface area contributed by atoms with Crippen LogP contribution in [0.5, 0.6) is 0 Å². The first kappa shape index (κ1) is 19.0. The zero-order valence-corrected chi connectivity index (χ0v) is 15.1. The number of pyridine rings is 1. The fraction of sp³-hybridized carbons (Fsp3) is 0.222. The molecule has 0 saturated heterocycles. The summed E-state index contributed by atoms with van der Waals surface area (Å²) in [5.74, 6) is -0.740. The van der Waals surface area contributed by atoms with Gasteiger partial charge in [-0.1, -0.05) is 6.07 Å². The maximum atomic E-state index is 13.1. The Balaban J connectivity index is 2.39. The minimum absolute atomic E-state index is 0.0327. The number of benzene rings is 1. The van der Waals surface area contributed by atoms with Crippen LogP contribution in [-0.4, -0.2) is 31.6 Å². The number of aromatic nitrogens is 3. The van der Waals surface area contributed by atoms with E-state index in [1.54, 1.807) is 6.92 Å². The molecule has 10 heteroatoms. The summed E-state index contributed by atoms with van der Waals surface area (Å²) in [5.41, 5.74) is -1.60. The lowest BCUT2D eigenvalue weighted by Crippen LogP contribution is -2.43. The van der Waals surface area contributed by atoms with E-state index < -0.39 is 28.2 Å². The van der Waals surface area contributed by atoms with Crippen LogP contribution >= 0.6 is 0 Å². The average Bonchev–Trinajstić information content (AvgIpc) is 2.68. The normalized spacial score (nSPS) is 11.9. The van der Waals surface area contributed by atoms with Gasteiger partial charge in [0.1, 0.15) is 6.04 Å². The topological polar surface area (TPSA) is 126 Å². The van der Waals surface area contributed by atoms with Crippen molar-refractivity contribution < 1.29 is 14.5 Å². The molecule has 10 nitrogen and oxygen atoms in total. The van der Waals surface area contributed by atoms with Gasteiger partial charge >= 0.3 is 11.7 Å². The summed E-state index contributed by atoms with van der Waals surface area (Å²) in [5, 5.41) is 11.2. The van der Waals surface area contributed by atoms with Gasteiger partial charge < -0.3 is 4.74 Å². The van der Waals surface area contributed by atoms with E-state index in [0.29, 0.717) is 0 Å². The van der Waals surface area contributed by atoms with Crippen molar-refractivity contribution in [3.8, 4) is 5.69 Å². The highest BCUT2D eigenvalue weighted by Crippen LogP contribution is 2.18. The molecular formula is C18H16N4O6. The highest BCUT2D eigenvalue weighted by molar-refractivity contribution is 5.77. The molecule has 0 bridgehead atoms. The number of ether oxygens (including phenoxy) is 1. The molecule has 0 aliphatic heterocycles. The van der Waals surface area contributed by atoms with Crippen LogP contribution in [0.2, 0.25) is 0 Å². The van der Waals surface area contributed by atoms with Crippen molar-refractivity contribution in [2.45, 2.75) is 19.9 Å². The van der Waals surface area contributed by atoms with Gasteiger partial charge in [0.2, 0.25) is 0 Å². The minimum atomic E-state index is -1.19. The number of nitrogens with zero attached hydrogens (tertiary/aromatic N) is 4. The first-order valence-electron chi connectivity index (χ1n) is 8.40. The molecule has 0 spiro atoms. The third-order valence-corrected chi connectivity index (χ3v) is 4.16. The number of carbonyl (C=O) groups is 1. The lowest BCUT2D eigenvalue weighted by Gasteiger charge is -2.17. The lowest BCUT2D eigenvalue weighted by molar-refractivity contribution is -0.384. The second-order valence-electron chi connectivity index (χ2n) is 5.87. The highest BCUT2D eigenvalue weighted by Gasteiger charge is 2.24. The first-order chi connectivity index (χ1) is 13.4. The second kappa shape index (κ2) is 7.43. The van der Waals surface area contributed by atoms with Crippen LogP contribution in [0.15, 0.2) is 52.2 Å².